The molecule has 3 nitrogen and oxygen atoms in total. The molecule has 1 unspecified atom stereocenters. The summed E-state index contributed by atoms with van der Waals surface area (Å²) in [7, 11) is -3.06. The number of hydrogen-bond acceptors (Lipinski definition) is 3. The first-order valence-electron chi connectivity index (χ1n) is 3.19. The van der Waals surface area contributed by atoms with Gasteiger partial charge >= 0.3 is 0 Å². The molecule has 0 saturated heterocycles. The van der Waals surface area contributed by atoms with E-state index in [1.165, 1.54) is 0 Å². The highest BCUT2D eigenvalue weighted by Gasteiger charge is 2.22. The summed E-state index contributed by atoms with van der Waals surface area (Å²) in [5.74, 6) is -0.0139. The van der Waals surface area contributed by atoms with Crippen LogP contribution in [0.15, 0.2) is 0 Å². The van der Waals surface area contributed by atoms with Crippen molar-refractivity contribution in [2.75, 3.05) is 12.9 Å². The zero-order chi connectivity index (χ0) is 8.36. The van der Waals surface area contributed by atoms with Gasteiger partial charge in [0.2, 0.25) is 0 Å². The Morgan fingerprint density at radius 2 is 1.80 bits per heavy atom. The summed E-state index contributed by atoms with van der Waals surface area (Å²) < 4.78 is 21.7. The summed E-state index contributed by atoms with van der Waals surface area (Å²) in [5, 5.41) is 8.05. The summed E-state index contributed by atoms with van der Waals surface area (Å²) in [6.07, 6.45) is 1.15. The average molecular weight is 166 g/mol. The number of rotatable bonds is 3. The van der Waals surface area contributed by atoms with Crippen molar-refractivity contribution in [3.05, 3.63) is 0 Å². The third-order valence-corrected chi connectivity index (χ3v) is 3.27. The molecule has 1 N–H and O–H groups in total. The first-order valence-corrected chi connectivity index (χ1v) is 5.14. The van der Waals surface area contributed by atoms with E-state index in [0.717, 1.165) is 6.26 Å². The molecule has 0 aromatic rings. The highest BCUT2D eigenvalue weighted by Crippen LogP contribution is 2.09. The van der Waals surface area contributed by atoms with E-state index in [1.54, 1.807) is 13.8 Å². The molecular weight excluding hydrogens is 152 g/mol. The summed E-state index contributed by atoms with van der Waals surface area (Å²) >= 11 is 0. The normalized spacial score (nSPS) is 15.7. The molecule has 0 aromatic carbocycles. The molecule has 0 spiro atoms. The van der Waals surface area contributed by atoms with Gasteiger partial charge in [0.25, 0.3) is 0 Å². The van der Waals surface area contributed by atoms with Crippen molar-refractivity contribution in [2.24, 2.45) is 5.92 Å². The number of aliphatic hydroxyl groups excluding tert-OH is 1. The first-order chi connectivity index (χ1) is 4.39. The number of aliphatic hydroxyl groups is 1. The SMILES string of the molecule is CC(C)C(CO)S(C)(=O)=O. The average Bonchev–Trinajstić information content (AvgIpc) is 1.60. The minimum Gasteiger partial charge on any atom is -0.395 e. The van der Waals surface area contributed by atoms with Crippen LogP contribution < -0.4 is 0 Å². The zero-order valence-electron chi connectivity index (χ0n) is 6.53. The van der Waals surface area contributed by atoms with Gasteiger partial charge in [-0.15, -0.1) is 0 Å². The number of sulfone groups is 1. The van der Waals surface area contributed by atoms with Gasteiger partial charge in [-0.1, -0.05) is 13.8 Å². The fourth-order valence-electron chi connectivity index (χ4n) is 0.841. The summed E-state index contributed by atoms with van der Waals surface area (Å²) in [5.41, 5.74) is 0. The Balaban J connectivity index is 4.38. The van der Waals surface area contributed by atoms with E-state index in [1.807, 2.05) is 0 Å². The smallest absolute Gasteiger partial charge is 0.152 e. The molecule has 62 valence electrons. The fraction of sp³-hybridized carbons (Fsp3) is 1.00. The Kier molecular flexibility index (Phi) is 3.31. The summed E-state index contributed by atoms with van der Waals surface area (Å²) in [6, 6.07) is 0. The maximum atomic E-state index is 10.8. The minimum atomic E-state index is -3.06. The fourth-order valence-corrected chi connectivity index (χ4v) is 2.10. The second kappa shape index (κ2) is 3.34. The lowest BCUT2D eigenvalue weighted by Gasteiger charge is -2.14. The molecule has 1 atom stereocenters. The van der Waals surface area contributed by atoms with Crippen LogP contribution in [0.3, 0.4) is 0 Å². The van der Waals surface area contributed by atoms with E-state index < -0.39 is 15.1 Å². The largest absolute Gasteiger partial charge is 0.395 e. The first kappa shape index (κ1) is 9.91. The maximum Gasteiger partial charge on any atom is 0.152 e. The van der Waals surface area contributed by atoms with Crippen LogP contribution in [0.25, 0.3) is 0 Å². The van der Waals surface area contributed by atoms with E-state index in [4.69, 9.17) is 5.11 Å². The van der Waals surface area contributed by atoms with Crippen LogP contribution in [0.5, 0.6) is 0 Å². The van der Waals surface area contributed by atoms with E-state index >= 15 is 0 Å². The van der Waals surface area contributed by atoms with Crippen molar-refractivity contribution in [1.29, 1.82) is 0 Å². The van der Waals surface area contributed by atoms with Crippen molar-refractivity contribution in [3.8, 4) is 0 Å². The second-order valence-electron chi connectivity index (χ2n) is 2.79. The van der Waals surface area contributed by atoms with Gasteiger partial charge in [-0.2, -0.15) is 0 Å². The van der Waals surface area contributed by atoms with Gasteiger partial charge in [-0.3, -0.25) is 0 Å². The Morgan fingerprint density at radius 1 is 1.40 bits per heavy atom. The van der Waals surface area contributed by atoms with Gasteiger partial charge in [-0.05, 0) is 5.92 Å². The highest BCUT2D eigenvalue weighted by atomic mass is 32.2. The quantitative estimate of drug-likeness (QED) is 0.644. The Bertz CT molecular complexity index is 181. The Hall–Kier alpha value is -0.0900. The lowest BCUT2D eigenvalue weighted by atomic mass is 10.1. The monoisotopic (exact) mass is 166 g/mol. The van der Waals surface area contributed by atoms with Gasteiger partial charge < -0.3 is 5.11 Å². The second-order valence-corrected chi connectivity index (χ2v) is 5.06. The molecule has 0 amide bonds. The molecule has 0 aromatic heterocycles. The standard InChI is InChI=1S/C6H14O3S/c1-5(2)6(4-7)10(3,8)9/h5-7H,4H2,1-3H3. The molecular formula is C6H14O3S. The van der Waals surface area contributed by atoms with E-state index in [-0.39, 0.29) is 12.5 Å². The molecule has 4 heteroatoms. The zero-order valence-corrected chi connectivity index (χ0v) is 7.35. The third-order valence-electron chi connectivity index (χ3n) is 1.47. The van der Waals surface area contributed by atoms with Gasteiger partial charge in [0.15, 0.2) is 9.84 Å². The van der Waals surface area contributed by atoms with Crippen LogP contribution in [-0.4, -0.2) is 31.6 Å². The molecule has 0 fully saturated rings. The van der Waals surface area contributed by atoms with Gasteiger partial charge in [0.1, 0.15) is 0 Å². The lowest BCUT2D eigenvalue weighted by molar-refractivity contribution is 0.269. The van der Waals surface area contributed by atoms with E-state index in [0.29, 0.717) is 0 Å². The molecule has 0 heterocycles. The summed E-state index contributed by atoms with van der Waals surface area (Å²) in [4.78, 5) is 0. The van der Waals surface area contributed by atoms with Crippen LogP contribution in [0.1, 0.15) is 13.8 Å². The molecule has 0 saturated carbocycles. The van der Waals surface area contributed by atoms with Crippen molar-refractivity contribution in [3.63, 3.8) is 0 Å². The van der Waals surface area contributed by atoms with Crippen LogP contribution in [-0.2, 0) is 9.84 Å². The van der Waals surface area contributed by atoms with Crippen LogP contribution >= 0.6 is 0 Å². The van der Waals surface area contributed by atoms with E-state index in [2.05, 4.69) is 0 Å². The van der Waals surface area contributed by atoms with E-state index in [9.17, 15) is 8.42 Å². The third kappa shape index (κ3) is 2.66. The topological polar surface area (TPSA) is 54.4 Å². The predicted molar refractivity (Wildman–Crippen MR) is 40.6 cm³/mol. The molecule has 0 aliphatic rings. The molecule has 0 bridgehead atoms. The molecule has 0 aliphatic carbocycles. The Morgan fingerprint density at radius 3 is 1.80 bits per heavy atom. The minimum absolute atomic E-state index is 0.0139. The highest BCUT2D eigenvalue weighted by molar-refractivity contribution is 7.91. The Labute approximate surface area is 62.0 Å². The van der Waals surface area contributed by atoms with Gasteiger partial charge in [0, 0.05) is 6.26 Å². The van der Waals surface area contributed by atoms with Gasteiger partial charge in [-0.25, -0.2) is 8.42 Å². The lowest BCUT2D eigenvalue weighted by Crippen LogP contribution is -2.29. The molecule has 0 aliphatic heterocycles. The van der Waals surface area contributed by atoms with Crippen molar-refractivity contribution < 1.29 is 13.5 Å². The van der Waals surface area contributed by atoms with Crippen molar-refractivity contribution in [2.45, 2.75) is 19.1 Å². The van der Waals surface area contributed by atoms with Crippen LogP contribution in [0, 0.1) is 5.92 Å². The molecule has 0 radical (unpaired) electrons. The van der Waals surface area contributed by atoms with Crippen molar-refractivity contribution >= 4 is 9.84 Å². The molecule has 0 rings (SSSR count). The maximum absolute atomic E-state index is 10.8. The van der Waals surface area contributed by atoms with Crippen LogP contribution in [0.2, 0.25) is 0 Å². The van der Waals surface area contributed by atoms with Gasteiger partial charge in [0.05, 0.1) is 11.9 Å². The van der Waals surface area contributed by atoms with Crippen LogP contribution in [0.4, 0.5) is 0 Å². The summed E-state index contributed by atoms with van der Waals surface area (Å²) in [6.45, 7) is 3.28. The number of hydrogen-bond donors (Lipinski definition) is 1. The molecule has 10 heavy (non-hydrogen) atoms. The van der Waals surface area contributed by atoms with Crippen molar-refractivity contribution in [1.82, 2.24) is 0 Å². The predicted octanol–water partition coefficient (Wildman–Crippen LogP) is 0.0479.